The summed E-state index contributed by atoms with van der Waals surface area (Å²) < 4.78 is 0. The Balaban J connectivity index is 0.00000176. The molecule has 1 saturated heterocycles. The molecule has 122 valence electrons. The molecule has 1 unspecified atom stereocenters. The first kappa shape index (κ1) is 17.5. The molecule has 6 heteroatoms. The number of nitrogens with zero attached hydrogens (tertiary/aromatic N) is 2. The molecule has 1 amide bonds. The Labute approximate surface area is 141 Å². The van der Waals surface area contributed by atoms with E-state index in [1.165, 1.54) is 12.8 Å². The molecule has 1 aromatic heterocycles. The van der Waals surface area contributed by atoms with Crippen molar-refractivity contribution < 1.29 is 9.90 Å². The molecule has 0 spiro atoms. The second-order valence-electron chi connectivity index (χ2n) is 5.88. The average molecular weight is 343 g/mol. The largest absolute Gasteiger partial charge is 0.392 e. The predicted molar refractivity (Wildman–Crippen MR) is 92.4 cm³/mol. The first-order valence-corrected chi connectivity index (χ1v) is 8.51. The smallest absolute Gasteiger partial charge is 0.246 e. The lowest BCUT2D eigenvalue weighted by atomic mass is 10.2. The highest BCUT2D eigenvalue weighted by molar-refractivity contribution is 7.10. The topological polar surface area (TPSA) is 43.8 Å². The number of piperazine rings is 1. The molecule has 1 aliphatic carbocycles. The van der Waals surface area contributed by atoms with Gasteiger partial charge >= 0.3 is 0 Å². The van der Waals surface area contributed by atoms with Crippen LogP contribution in [0.5, 0.6) is 0 Å². The molecular formula is C16H23ClN2O2S. The second kappa shape index (κ2) is 8.11. The number of β-amino-alcohol motifs (C(OH)–C–C–N with tert-alkyl or cyclic N) is 1. The van der Waals surface area contributed by atoms with E-state index in [0.29, 0.717) is 5.92 Å². The SMILES string of the molecule is Cl.O=C(/C=C/c1cccs1)N1CCN(CC(O)C2CC2)CC1. The van der Waals surface area contributed by atoms with Gasteiger partial charge in [-0.15, -0.1) is 23.7 Å². The normalized spacial score (nSPS) is 20.9. The van der Waals surface area contributed by atoms with Crippen LogP contribution in [0.15, 0.2) is 23.6 Å². The summed E-state index contributed by atoms with van der Waals surface area (Å²) in [6, 6.07) is 3.99. The van der Waals surface area contributed by atoms with Crippen molar-refractivity contribution in [1.29, 1.82) is 0 Å². The van der Waals surface area contributed by atoms with Crippen molar-refractivity contribution >= 4 is 35.7 Å². The van der Waals surface area contributed by atoms with Crippen LogP contribution in [0.1, 0.15) is 17.7 Å². The summed E-state index contributed by atoms with van der Waals surface area (Å²) in [5, 5.41) is 12.0. The highest BCUT2D eigenvalue weighted by Crippen LogP contribution is 2.32. The van der Waals surface area contributed by atoms with Crippen molar-refractivity contribution in [2.45, 2.75) is 18.9 Å². The number of thiophene rings is 1. The summed E-state index contributed by atoms with van der Waals surface area (Å²) in [5.41, 5.74) is 0. The Morgan fingerprint density at radius 3 is 2.68 bits per heavy atom. The summed E-state index contributed by atoms with van der Waals surface area (Å²) in [4.78, 5) is 17.4. The maximum Gasteiger partial charge on any atom is 0.246 e. The van der Waals surface area contributed by atoms with E-state index in [4.69, 9.17) is 0 Å². The molecule has 1 saturated carbocycles. The van der Waals surface area contributed by atoms with E-state index < -0.39 is 0 Å². The van der Waals surface area contributed by atoms with Crippen LogP contribution in [-0.4, -0.2) is 59.6 Å². The Morgan fingerprint density at radius 2 is 2.09 bits per heavy atom. The molecule has 1 atom stereocenters. The van der Waals surface area contributed by atoms with Crippen LogP contribution in [0.25, 0.3) is 6.08 Å². The van der Waals surface area contributed by atoms with E-state index in [2.05, 4.69) is 4.90 Å². The maximum absolute atomic E-state index is 12.1. The van der Waals surface area contributed by atoms with Crippen LogP contribution >= 0.6 is 23.7 Å². The van der Waals surface area contributed by atoms with Crippen LogP contribution in [0.4, 0.5) is 0 Å². The first-order valence-electron chi connectivity index (χ1n) is 7.63. The number of aliphatic hydroxyl groups excluding tert-OH is 1. The molecule has 3 rings (SSSR count). The molecular weight excluding hydrogens is 320 g/mol. The average Bonchev–Trinajstić information content (AvgIpc) is 3.23. The van der Waals surface area contributed by atoms with E-state index in [1.807, 2.05) is 28.5 Å². The third-order valence-electron chi connectivity index (χ3n) is 4.23. The van der Waals surface area contributed by atoms with E-state index >= 15 is 0 Å². The number of carbonyl (C=O) groups is 1. The Hall–Kier alpha value is -0.880. The fourth-order valence-electron chi connectivity index (χ4n) is 2.69. The van der Waals surface area contributed by atoms with Gasteiger partial charge in [-0.3, -0.25) is 9.69 Å². The zero-order chi connectivity index (χ0) is 14.7. The monoisotopic (exact) mass is 342 g/mol. The molecule has 0 bridgehead atoms. The third kappa shape index (κ3) is 4.81. The Morgan fingerprint density at radius 1 is 1.36 bits per heavy atom. The maximum atomic E-state index is 12.1. The van der Waals surface area contributed by atoms with Crippen LogP contribution in [-0.2, 0) is 4.79 Å². The minimum Gasteiger partial charge on any atom is -0.392 e. The quantitative estimate of drug-likeness (QED) is 0.833. The van der Waals surface area contributed by atoms with Gasteiger partial charge in [-0.25, -0.2) is 0 Å². The van der Waals surface area contributed by atoms with Crippen molar-refractivity contribution in [1.82, 2.24) is 9.80 Å². The molecule has 1 aromatic rings. The molecule has 1 N–H and O–H groups in total. The molecule has 1 aliphatic heterocycles. The van der Waals surface area contributed by atoms with Gasteiger partial charge in [0.2, 0.25) is 5.91 Å². The van der Waals surface area contributed by atoms with E-state index in [1.54, 1.807) is 17.4 Å². The van der Waals surface area contributed by atoms with Crippen molar-refractivity contribution in [2.24, 2.45) is 5.92 Å². The van der Waals surface area contributed by atoms with E-state index in [0.717, 1.165) is 37.6 Å². The molecule has 4 nitrogen and oxygen atoms in total. The number of carbonyl (C=O) groups excluding carboxylic acids is 1. The van der Waals surface area contributed by atoms with Crippen molar-refractivity contribution in [2.75, 3.05) is 32.7 Å². The molecule has 0 aromatic carbocycles. The number of halogens is 1. The Kier molecular flexibility index (Phi) is 6.44. The summed E-state index contributed by atoms with van der Waals surface area (Å²) in [7, 11) is 0. The lowest BCUT2D eigenvalue weighted by molar-refractivity contribution is -0.127. The fourth-order valence-corrected chi connectivity index (χ4v) is 3.31. The number of hydrogen-bond donors (Lipinski definition) is 1. The summed E-state index contributed by atoms with van der Waals surface area (Å²) in [5.74, 6) is 0.615. The highest BCUT2D eigenvalue weighted by Gasteiger charge is 2.31. The summed E-state index contributed by atoms with van der Waals surface area (Å²) >= 11 is 1.63. The van der Waals surface area contributed by atoms with E-state index in [-0.39, 0.29) is 24.4 Å². The lowest BCUT2D eigenvalue weighted by Gasteiger charge is -2.35. The third-order valence-corrected chi connectivity index (χ3v) is 5.07. The minimum absolute atomic E-state index is 0. The zero-order valence-corrected chi connectivity index (χ0v) is 14.2. The van der Waals surface area contributed by atoms with Gasteiger partial charge in [0, 0.05) is 43.7 Å². The molecule has 2 heterocycles. The second-order valence-corrected chi connectivity index (χ2v) is 6.86. The van der Waals surface area contributed by atoms with Crippen molar-refractivity contribution in [3.05, 3.63) is 28.5 Å². The fraction of sp³-hybridized carbons (Fsp3) is 0.562. The number of amides is 1. The van der Waals surface area contributed by atoms with Crippen LogP contribution in [0, 0.1) is 5.92 Å². The van der Waals surface area contributed by atoms with Gasteiger partial charge in [0.15, 0.2) is 0 Å². The molecule has 0 radical (unpaired) electrons. The zero-order valence-electron chi connectivity index (χ0n) is 12.6. The van der Waals surface area contributed by atoms with Gasteiger partial charge < -0.3 is 10.0 Å². The van der Waals surface area contributed by atoms with Gasteiger partial charge in [0.05, 0.1) is 6.10 Å². The highest BCUT2D eigenvalue weighted by atomic mass is 35.5. The Bertz CT molecular complexity index is 494. The summed E-state index contributed by atoms with van der Waals surface area (Å²) in [6.07, 6.45) is 5.72. The van der Waals surface area contributed by atoms with E-state index in [9.17, 15) is 9.90 Å². The van der Waals surface area contributed by atoms with Crippen LogP contribution < -0.4 is 0 Å². The molecule has 2 aliphatic rings. The minimum atomic E-state index is -0.175. The van der Waals surface area contributed by atoms with Crippen LogP contribution in [0.2, 0.25) is 0 Å². The van der Waals surface area contributed by atoms with Crippen molar-refractivity contribution in [3.63, 3.8) is 0 Å². The standard InChI is InChI=1S/C16H22N2O2S.ClH/c19-15(13-3-4-13)12-17-7-9-18(10-8-17)16(20)6-5-14-2-1-11-21-14;/h1-2,5-6,11,13,15,19H,3-4,7-10,12H2;1H/b6-5+;. The summed E-state index contributed by atoms with van der Waals surface area (Å²) in [6.45, 7) is 4.00. The van der Waals surface area contributed by atoms with Crippen LogP contribution in [0.3, 0.4) is 0 Å². The van der Waals surface area contributed by atoms with Gasteiger partial charge in [0.1, 0.15) is 0 Å². The van der Waals surface area contributed by atoms with Gasteiger partial charge in [-0.05, 0) is 36.3 Å². The number of aliphatic hydroxyl groups is 1. The molecule has 2 fully saturated rings. The first-order chi connectivity index (χ1) is 10.2. The van der Waals surface area contributed by atoms with Gasteiger partial charge in [-0.1, -0.05) is 6.07 Å². The molecule has 22 heavy (non-hydrogen) atoms. The number of rotatable bonds is 5. The van der Waals surface area contributed by atoms with Gasteiger partial charge in [-0.2, -0.15) is 0 Å². The van der Waals surface area contributed by atoms with Crippen molar-refractivity contribution in [3.8, 4) is 0 Å². The predicted octanol–water partition coefficient (Wildman–Crippen LogP) is 2.10. The lowest BCUT2D eigenvalue weighted by Crippen LogP contribution is -2.50. The van der Waals surface area contributed by atoms with Gasteiger partial charge in [0.25, 0.3) is 0 Å². The number of hydrogen-bond acceptors (Lipinski definition) is 4.